The number of hydrogen-bond acceptors (Lipinski definition) is 2. The topological polar surface area (TPSA) is 35.2 Å². The van der Waals surface area contributed by atoms with E-state index in [-0.39, 0.29) is 6.04 Å². The van der Waals surface area contributed by atoms with Gasteiger partial charge in [-0.15, -0.1) is 0 Å². The van der Waals surface area contributed by atoms with Gasteiger partial charge in [0.25, 0.3) is 0 Å². The molecule has 2 nitrogen and oxygen atoms in total. The summed E-state index contributed by atoms with van der Waals surface area (Å²) in [6.45, 7) is 4.76. The molecule has 1 unspecified atom stereocenters. The van der Waals surface area contributed by atoms with E-state index in [0.717, 1.165) is 22.2 Å². The lowest BCUT2D eigenvalue weighted by Crippen LogP contribution is -2.14. The van der Waals surface area contributed by atoms with Crippen molar-refractivity contribution in [3.8, 4) is 5.75 Å². The number of aryl methyl sites for hydroxylation is 1. The first-order chi connectivity index (χ1) is 9.61. The molecule has 2 rings (SSSR count). The summed E-state index contributed by atoms with van der Waals surface area (Å²) >= 11 is 3.54. The van der Waals surface area contributed by atoms with Crippen molar-refractivity contribution in [2.75, 3.05) is 6.61 Å². The van der Waals surface area contributed by atoms with E-state index in [1.807, 2.05) is 25.1 Å². The van der Waals surface area contributed by atoms with Crippen LogP contribution in [0.1, 0.15) is 29.7 Å². The zero-order valence-corrected chi connectivity index (χ0v) is 13.5. The molecular weight excluding hydrogens is 314 g/mol. The van der Waals surface area contributed by atoms with Crippen LogP contribution in [0.3, 0.4) is 0 Å². The Morgan fingerprint density at radius 3 is 2.60 bits per heavy atom. The molecule has 0 fully saturated rings. The van der Waals surface area contributed by atoms with Crippen LogP contribution >= 0.6 is 15.9 Å². The first-order valence-corrected chi connectivity index (χ1v) is 7.63. The van der Waals surface area contributed by atoms with Gasteiger partial charge in [0.1, 0.15) is 5.75 Å². The van der Waals surface area contributed by atoms with Crippen molar-refractivity contribution in [3.63, 3.8) is 0 Å². The van der Waals surface area contributed by atoms with E-state index in [2.05, 4.69) is 47.1 Å². The summed E-state index contributed by atoms with van der Waals surface area (Å²) in [6.07, 6.45) is 0.840. The van der Waals surface area contributed by atoms with E-state index in [0.29, 0.717) is 6.61 Å². The third-order valence-corrected chi connectivity index (χ3v) is 4.00. The third kappa shape index (κ3) is 3.62. The highest BCUT2D eigenvalue weighted by Crippen LogP contribution is 2.29. The summed E-state index contributed by atoms with van der Waals surface area (Å²) < 4.78 is 6.48. The van der Waals surface area contributed by atoms with Gasteiger partial charge in [-0.1, -0.05) is 30.3 Å². The molecule has 2 aromatic rings. The van der Waals surface area contributed by atoms with Crippen LogP contribution in [0.25, 0.3) is 0 Å². The summed E-state index contributed by atoms with van der Waals surface area (Å²) in [6, 6.07) is 14.4. The largest absolute Gasteiger partial charge is 0.493 e. The molecule has 0 radical (unpaired) electrons. The highest BCUT2D eigenvalue weighted by Gasteiger charge is 2.11. The Hall–Kier alpha value is -1.32. The molecule has 0 bridgehead atoms. The molecule has 0 aliphatic carbocycles. The monoisotopic (exact) mass is 333 g/mol. The Morgan fingerprint density at radius 2 is 1.95 bits per heavy atom. The standard InChI is InChI=1S/C17H20BrNO/c1-3-20-17-9-8-14(10-15(17)18)16(19)11-13-7-5-4-6-12(13)2/h4-10,16H,3,11,19H2,1-2H3. The molecule has 20 heavy (non-hydrogen) atoms. The van der Waals surface area contributed by atoms with Crippen LogP contribution in [0.15, 0.2) is 46.9 Å². The smallest absolute Gasteiger partial charge is 0.133 e. The van der Waals surface area contributed by atoms with Gasteiger partial charge < -0.3 is 10.5 Å². The fraction of sp³-hybridized carbons (Fsp3) is 0.294. The summed E-state index contributed by atoms with van der Waals surface area (Å²) in [5, 5.41) is 0. The van der Waals surface area contributed by atoms with E-state index in [9.17, 15) is 0 Å². The average molecular weight is 334 g/mol. The van der Waals surface area contributed by atoms with Gasteiger partial charge in [0.15, 0.2) is 0 Å². The molecule has 0 spiro atoms. The molecule has 3 heteroatoms. The Kier molecular flexibility index (Phi) is 5.21. The lowest BCUT2D eigenvalue weighted by Gasteiger charge is -2.15. The highest BCUT2D eigenvalue weighted by atomic mass is 79.9. The van der Waals surface area contributed by atoms with Gasteiger partial charge >= 0.3 is 0 Å². The zero-order chi connectivity index (χ0) is 14.5. The number of rotatable bonds is 5. The molecule has 0 heterocycles. The molecule has 0 aliphatic rings. The molecule has 106 valence electrons. The summed E-state index contributed by atoms with van der Waals surface area (Å²) in [5.41, 5.74) is 10.0. The van der Waals surface area contributed by atoms with E-state index in [1.54, 1.807) is 0 Å². The minimum absolute atomic E-state index is 0.0110. The number of ether oxygens (including phenoxy) is 1. The van der Waals surface area contributed by atoms with Crippen molar-refractivity contribution in [1.82, 2.24) is 0 Å². The maximum absolute atomic E-state index is 6.33. The highest BCUT2D eigenvalue weighted by molar-refractivity contribution is 9.10. The normalized spacial score (nSPS) is 12.2. The summed E-state index contributed by atoms with van der Waals surface area (Å²) in [7, 11) is 0. The molecule has 0 aromatic heterocycles. The Morgan fingerprint density at radius 1 is 1.20 bits per heavy atom. The number of benzene rings is 2. The van der Waals surface area contributed by atoms with Crippen LogP contribution in [-0.2, 0) is 6.42 Å². The zero-order valence-electron chi connectivity index (χ0n) is 11.9. The Balaban J connectivity index is 2.15. The fourth-order valence-corrected chi connectivity index (χ4v) is 2.73. The lowest BCUT2D eigenvalue weighted by molar-refractivity contribution is 0.338. The third-order valence-electron chi connectivity index (χ3n) is 3.39. The second kappa shape index (κ2) is 6.91. The van der Waals surface area contributed by atoms with Crippen LogP contribution in [0, 0.1) is 6.92 Å². The predicted octanol–water partition coefficient (Wildman–Crippen LogP) is 4.40. The van der Waals surface area contributed by atoms with E-state index in [1.165, 1.54) is 11.1 Å². The van der Waals surface area contributed by atoms with Gasteiger partial charge in [-0.2, -0.15) is 0 Å². The fourth-order valence-electron chi connectivity index (χ4n) is 2.21. The van der Waals surface area contributed by atoms with Crippen LogP contribution in [-0.4, -0.2) is 6.61 Å². The van der Waals surface area contributed by atoms with Gasteiger partial charge in [-0.25, -0.2) is 0 Å². The molecular formula is C17H20BrNO. The molecule has 0 aliphatic heterocycles. The molecule has 0 saturated heterocycles. The molecule has 0 amide bonds. The first-order valence-electron chi connectivity index (χ1n) is 6.84. The van der Waals surface area contributed by atoms with Crippen molar-refractivity contribution >= 4 is 15.9 Å². The van der Waals surface area contributed by atoms with Crippen LogP contribution in [0.2, 0.25) is 0 Å². The van der Waals surface area contributed by atoms with Crippen LogP contribution in [0.4, 0.5) is 0 Å². The quantitative estimate of drug-likeness (QED) is 0.880. The van der Waals surface area contributed by atoms with Gasteiger partial charge in [0, 0.05) is 6.04 Å². The predicted molar refractivity (Wildman–Crippen MR) is 87.1 cm³/mol. The van der Waals surface area contributed by atoms with Gasteiger partial charge in [-0.3, -0.25) is 0 Å². The average Bonchev–Trinajstić information content (AvgIpc) is 2.43. The van der Waals surface area contributed by atoms with Crippen molar-refractivity contribution in [1.29, 1.82) is 0 Å². The lowest BCUT2D eigenvalue weighted by atomic mass is 9.97. The van der Waals surface area contributed by atoms with Crippen molar-refractivity contribution < 1.29 is 4.74 Å². The summed E-state index contributed by atoms with van der Waals surface area (Å²) in [5.74, 6) is 0.861. The number of halogens is 1. The van der Waals surface area contributed by atoms with Crippen LogP contribution in [0.5, 0.6) is 5.75 Å². The van der Waals surface area contributed by atoms with E-state index in [4.69, 9.17) is 10.5 Å². The van der Waals surface area contributed by atoms with Crippen molar-refractivity contribution in [2.24, 2.45) is 5.73 Å². The van der Waals surface area contributed by atoms with E-state index < -0.39 is 0 Å². The van der Waals surface area contributed by atoms with Gasteiger partial charge in [-0.05, 0) is 65.0 Å². The second-order valence-electron chi connectivity index (χ2n) is 4.86. The Labute approximate surface area is 129 Å². The van der Waals surface area contributed by atoms with Crippen molar-refractivity contribution in [3.05, 3.63) is 63.6 Å². The summed E-state index contributed by atoms with van der Waals surface area (Å²) in [4.78, 5) is 0. The van der Waals surface area contributed by atoms with Crippen molar-refractivity contribution in [2.45, 2.75) is 26.3 Å². The van der Waals surface area contributed by atoms with E-state index >= 15 is 0 Å². The SMILES string of the molecule is CCOc1ccc(C(N)Cc2ccccc2C)cc1Br. The molecule has 0 saturated carbocycles. The first kappa shape index (κ1) is 15.1. The second-order valence-corrected chi connectivity index (χ2v) is 5.71. The molecule has 2 aromatic carbocycles. The maximum atomic E-state index is 6.33. The number of nitrogens with two attached hydrogens (primary N) is 1. The Bertz CT molecular complexity index is 583. The van der Waals surface area contributed by atoms with Gasteiger partial charge in [0.05, 0.1) is 11.1 Å². The molecule has 1 atom stereocenters. The maximum Gasteiger partial charge on any atom is 0.133 e. The van der Waals surface area contributed by atoms with Gasteiger partial charge in [0.2, 0.25) is 0 Å². The molecule has 2 N–H and O–H groups in total. The minimum Gasteiger partial charge on any atom is -0.493 e. The van der Waals surface area contributed by atoms with Crippen LogP contribution < -0.4 is 10.5 Å². The minimum atomic E-state index is -0.0110. The number of hydrogen-bond donors (Lipinski definition) is 1.